The highest BCUT2D eigenvalue weighted by atomic mass is 35.5. The number of halogens is 1. The van der Waals surface area contributed by atoms with Gasteiger partial charge in [-0.05, 0) is 31.0 Å². The van der Waals surface area contributed by atoms with Crippen molar-refractivity contribution in [2.45, 2.75) is 26.3 Å². The van der Waals surface area contributed by atoms with Gasteiger partial charge in [0.15, 0.2) is 0 Å². The summed E-state index contributed by atoms with van der Waals surface area (Å²) in [6, 6.07) is 4.04. The zero-order chi connectivity index (χ0) is 13.7. The average Bonchev–Trinajstić information content (AvgIpc) is 2.71. The molecule has 2 rings (SSSR count). The van der Waals surface area contributed by atoms with Crippen LogP contribution in [0.5, 0.6) is 0 Å². The van der Waals surface area contributed by atoms with Crippen LogP contribution in [-0.2, 0) is 26.4 Å². The van der Waals surface area contributed by atoms with Crippen molar-refractivity contribution in [2.24, 2.45) is 7.05 Å². The fourth-order valence-corrected chi connectivity index (χ4v) is 2.36. The van der Waals surface area contributed by atoms with Crippen molar-refractivity contribution in [3.63, 3.8) is 0 Å². The van der Waals surface area contributed by atoms with E-state index in [0.29, 0.717) is 0 Å². The Labute approximate surface area is 118 Å². The Morgan fingerprint density at radius 1 is 1.42 bits per heavy atom. The number of nitrogens with zero attached hydrogens (tertiary/aromatic N) is 3. The van der Waals surface area contributed by atoms with E-state index in [4.69, 9.17) is 11.6 Å². The average molecular weight is 279 g/mol. The number of hydrogen-bond acceptors (Lipinski definition) is 3. The first-order valence-electron chi connectivity index (χ1n) is 6.52. The van der Waals surface area contributed by atoms with Gasteiger partial charge >= 0.3 is 0 Å². The predicted molar refractivity (Wildman–Crippen MR) is 77.2 cm³/mol. The molecule has 2 aromatic rings. The van der Waals surface area contributed by atoms with E-state index in [1.807, 2.05) is 24.0 Å². The van der Waals surface area contributed by atoms with E-state index in [1.54, 1.807) is 6.20 Å². The van der Waals surface area contributed by atoms with Crippen LogP contribution in [0.25, 0.3) is 0 Å². The third-order valence-electron chi connectivity index (χ3n) is 3.11. The summed E-state index contributed by atoms with van der Waals surface area (Å²) < 4.78 is 1.86. The number of hydrogen-bond donors (Lipinski definition) is 1. The quantitative estimate of drug-likeness (QED) is 0.825. The molecule has 0 amide bonds. The van der Waals surface area contributed by atoms with Gasteiger partial charge < -0.3 is 5.32 Å². The topological polar surface area (TPSA) is 42.7 Å². The van der Waals surface area contributed by atoms with Crippen molar-refractivity contribution in [1.82, 2.24) is 20.1 Å². The highest BCUT2D eigenvalue weighted by molar-refractivity contribution is 6.31. The first-order valence-corrected chi connectivity index (χ1v) is 6.90. The molecule has 4 nitrogen and oxygen atoms in total. The Hall–Kier alpha value is -1.39. The Morgan fingerprint density at radius 3 is 2.89 bits per heavy atom. The first-order chi connectivity index (χ1) is 9.22. The third-order valence-corrected chi connectivity index (χ3v) is 3.54. The van der Waals surface area contributed by atoms with Gasteiger partial charge in [-0.1, -0.05) is 24.6 Å². The molecule has 0 aliphatic carbocycles. The summed E-state index contributed by atoms with van der Waals surface area (Å²) in [5.41, 5.74) is 3.25. The lowest BCUT2D eigenvalue weighted by molar-refractivity contribution is 0.623. The Morgan fingerprint density at radius 2 is 2.26 bits per heavy atom. The highest BCUT2D eigenvalue weighted by Crippen LogP contribution is 2.20. The van der Waals surface area contributed by atoms with Crippen LogP contribution in [0.1, 0.15) is 23.9 Å². The molecular weight excluding hydrogens is 260 g/mol. The fourth-order valence-electron chi connectivity index (χ4n) is 2.00. The molecule has 0 radical (unpaired) electrons. The minimum atomic E-state index is 0.739. The standard InChI is InChI=1S/C14H19ClN4/c1-3-12-14(15)13(19(2)18-12)10-17-8-6-11-5-4-7-16-9-11/h4-5,7,9,17H,3,6,8,10H2,1-2H3. The van der Waals surface area contributed by atoms with Crippen LogP contribution in [-0.4, -0.2) is 21.3 Å². The smallest absolute Gasteiger partial charge is 0.0863 e. The van der Waals surface area contributed by atoms with Crippen LogP contribution in [0, 0.1) is 0 Å². The maximum Gasteiger partial charge on any atom is 0.0863 e. The molecule has 5 heteroatoms. The lowest BCUT2D eigenvalue weighted by Gasteiger charge is -2.05. The van der Waals surface area contributed by atoms with Gasteiger partial charge in [0.2, 0.25) is 0 Å². The van der Waals surface area contributed by atoms with E-state index in [9.17, 15) is 0 Å². The molecule has 0 bridgehead atoms. The lowest BCUT2D eigenvalue weighted by Crippen LogP contribution is -2.18. The molecule has 2 aromatic heterocycles. The summed E-state index contributed by atoms with van der Waals surface area (Å²) in [6.45, 7) is 3.70. The van der Waals surface area contributed by atoms with E-state index in [2.05, 4.69) is 28.4 Å². The molecular formula is C14H19ClN4. The van der Waals surface area contributed by atoms with Gasteiger partial charge in [0.25, 0.3) is 0 Å². The molecule has 19 heavy (non-hydrogen) atoms. The van der Waals surface area contributed by atoms with Crippen molar-refractivity contribution in [1.29, 1.82) is 0 Å². The second-order valence-corrected chi connectivity index (χ2v) is 4.85. The summed E-state index contributed by atoms with van der Waals surface area (Å²) in [7, 11) is 1.93. The summed E-state index contributed by atoms with van der Waals surface area (Å²) in [5.74, 6) is 0. The van der Waals surface area contributed by atoms with E-state index in [-0.39, 0.29) is 0 Å². The van der Waals surface area contributed by atoms with Crippen LogP contribution < -0.4 is 5.32 Å². The molecule has 1 N–H and O–H groups in total. The van der Waals surface area contributed by atoms with Gasteiger partial charge in [0.05, 0.1) is 16.4 Å². The van der Waals surface area contributed by atoms with Crippen LogP contribution in [0.3, 0.4) is 0 Å². The molecule has 0 atom stereocenters. The van der Waals surface area contributed by atoms with Crippen LogP contribution >= 0.6 is 11.6 Å². The van der Waals surface area contributed by atoms with Gasteiger partial charge in [-0.2, -0.15) is 5.10 Å². The number of rotatable bonds is 6. The maximum atomic E-state index is 6.29. The van der Waals surface area contributed by atoms with Crippen molar-refractivity contribution in [3.8, 4) is 0 Å². The summed E-state index contributed by atoms with van der Waals surface area (Å²) >= 11 is 6.29. The first kappa shape index (κ1) is 14.0. The zero-order valence-corrected chi connectivity index (χ0v) is 12.1. The maximum absolute atomic E-state index is 6.29. The van der Waals surface area contributed by atoms with E-state index in [1.165, 1.54) is 5.56 Å². The Bertz CT molecular complexity index is 522. The van der Waals surface area contributed by atoms with Crippen LogP contribution in [0.2, 0.25) is 5.02 Å². The Kier molecular flexibility index (Phi) is 4.93. The monoisotopic (exact) mass is 278 g/mol. The van der Waals surface area contributed by atoms with Gasteiger partial charge in [0, 0.05) is 26.0 Å². The van der Waals surface area contributed by atoms with Crippen molar-refractivity contribution in [3.05, 3.63) is 46.5 Å². The van der Waals surface area contributed by atoms with E-state index >= 15 is 0 Å². The predicted octanol–water partition coefficient (Wildman–Crippen LogP) is 2.36. The summed E-state index contributed by atoms with van der Waals surface area (Å²) in [6.07, 6.45) is 5.51. The van der Waals surface area contributed by atoms with Gasteiger partial charge in [-0.15, -0.1) is 0 Å². The number of pyridine rings is 1. The number of nitrogens with one attached hydrogen (secondary N) is 1. The van der Waals surface area contributed by atoms with Crippen LogP contribution in [0.4, 0.5) is 0 Å². The molecule has 0 aliphatic heterocycles. The highest BCUT2D eigenvalue weighted by Gasteiger charge is 2.11. The van der Waals surface area contributed by atoms with E-state index < -0.39 is 0 Å². The molecule has 0 spiro atoms. The summed E-state index contributed by atoms with van der Waals surface area (Å²) in [5, 5.41) is 8.59. The van der Waals surface area contributed by atoms with Gasteiger partial charge in [-0.3, -0.25) is 9.67 Å². The normalized spacial score (nSPS) is 10.9. The number of aromatic nitrogens is 3. The largest absolute Gasteiger partial charge is 0.311 e. The molecule has 2 heterocycles. The second kappa shape index (κ2) is 6.68. The third kappa shape index (κ3) is 3.55. The minimum absolute atomic E-state index is 0.739. The SMILES string of the molecule is CCc1nn(C)c(CNCCc2cccnc2)c1Cl. The summed E-state index contributed by atoms with van der Waals surface area (Å²) in [4.78, 5) is 4.10. The molecule has 0 fully saturated rings. The molecule has 0 saturated heterocycles. The molecule has 0 aromatic carbocycles. The van der Waals surface area contributed by atoms with E-state index in [0.717, 1.165) is 42.3 Å². The second-order valence-electron chi connectivity index (χ2n) is 4.47. The molecule has 0 saturated carbocycles. The van der Waals surface area contributed by atoms with Crippen molar-refractivity contribution >= 4 is 11.6 Å². The Balaban J connectivity index is 1.85. The van der Waals surface area contributed by atoms with Crippen LogP contribution in [0.15, 0.2) is 24.5 Å². The van der Waals surface area contributed by atoms with Crippen molar-refractivity contribution in [2.75, 3.05) is 6.54 Å². The minimum Gasteiger partial charge on any atom is -0.311 e. The number of aryl methyl sites for hydroxylation is 2. The van der Waals surface area contributed by atoms with Gasteiger partial charge in [-0.25, -0.2) is 0 Å². The van der Waals surface area contributed by atoms with Gasteiger partial charge in [0.1, 0.15) is 0 Å². The zero-order valence-electron chi connectivity index (χ0n) is 11.4. The molecule has 102 valence electrons. The lowest BCUT2D eigenvalue weighted by atomic mass is 10.2. The molecule has 0 unspecified atom stereocenters. The molecule has 0 aliphatic rings. The van der Waals surface area contributed by atoms with Crippen molar-refractivity contribution < 1.29 is 0 Å². The fraction of sp³-hybridized carbons (Fsp3) is 0.429.